The first kappa shape index (κ1) is 25.1. The van der Waals surface area contributed by atoms with Crippen LogP contribution in [0.3, 0.4) is 0 Å². The molecule has 0 saturated heterocycles. The van der Waals surface area contributed by atoms with Gasteiger partial charge in [0.05, 0.1) is 35.5 Å². The third-order valence-electron chi connectivity index (χ3n) is 0.327. The Morgan fingerprint density at radius 1 is 0.688 bits per heavy atom. The van der Waals surface area contributed by atoms with Crippen molar-refractivity contribution in [2.24, 2.45) is 0 Å². The van der Waals surface area contributed by atoms with E-state index in [0.717, 1.165) is 0 Å². The first-order valence-corrected chi connectivity index (χ1v) is 4.69. The summed E-state index contributed by atoms with van der Waals surface area (Å²) in [6.07, 6.45) is 0. The minimum atomic E-state index is -1.23. The smallest absolute Gasteiger partial charge is 0.549 e. The maximum atomic E-state index is 9.12. The van der Waals surface area contributed by atoms with E-state index in [1.807, 2.05) is 0 Å². The zero-order valence-corrected chi connectivity index (χ0v) is 13.3. The second-order valence-electron chi connectivity index (χ2n) is 1.52. The van der Waals surface area contributed by atoms with Crippen molar-refractivity contribution in [3.05, 3.63) is 0 Å². The average Bonchev–Trinajstić information content (AvgIpc) is 2.19. The largest absolute Gasteiger partial charge is 3.00 e. The molecule has 0 aliphatic rings. The van der Waals surface area contributed by atoms with Gasteiger partial charge < -0.3 is 29.7 Å². The number of alkyl halides is 3. The maximum Gasteiger partial charge on any atom is 3.00 e. The Morgan fingerprint density at radius 3 is 0.750 bits per heavy atom. The number of halogens is 3. The fourth-order valence-corrected chi connectivity index (χ4v) is 0. The Hall–Kier alpha value is 0.150. The van der Waals surface area contributed by atoms with Crippen molar-refractivity contribution in [3.63, 3.8) is 0 Å². The van der Waals surface area contributed by atoms with Crippen molar-refractivity contribution in [2.45, 2.75) is 0 Å². The predicted octanol–water partition coefficient (Wildman–Crippen LogP) is -3.46. The van der Waals surface area contributed by atoms with Gasteiger partial charge in [-0.25, -0.2) is 0 Å². The van der Waals surface area contributed by atoms with Crippen LogP contribution >= 0.6 is 34.8 Å². The number of aliphatic carboxylic acids is 3. The monoisotopic (exact) mass is 394 g/mol. The summed E-state index contributed by atoms with van der Waals surface area (Å²) in [5.74, 6) is -4.94. The summed E-state index contributed by atoms with van der Waals surface area (Å²) in [5.41, 5.74) is 0. The van der Waals surface area contributed by atoms with Crippen LogP contribution in [0.15, 0.2) is 0 Å². The van der Waals surface area contributed by atoms with Gasteiger partial charge >= 0.3 is 25.8 Å². The minimum Gasteiger partial charge on any atom is -0.549 e. The van der Waals surface area contributed by atoms with E-state index >= 15 is 0 Å². The number of hydrogen-bond donors (Lipinski definition) is 0. The summed E-state index contributed by atoms with van der Waals surface area (Å²) in [6.45, 7) is 0. The van der Waals surface area contributed by atoms with Gasteiger partial charge in [-0.15, -0.1) is 34.8 Å². The van der Waals surface area contributed by atoms with E-state index in [1.165, 1.54) is 0 Å². The zero-order chi connectivity index (χ0) is 12.9. The molecule has 0 radical (unpaired) electrons. The summed E-state index contributed by atoms with van der Waals surface area (Å²) in [5, 5.41) is 27.4. The molecule has 6 nitrogen and oxygen atoms in total. The molecule has 0 saturated carbocycles. The third-order valence-corrected chi connectivity index (χ3v) is 0.982. The second-order valence-corrected chi connectivity index (χ2v) is 2.32. The summed E-state index contributed by atoms with van der Waals surface area (Å²) in [4.78, 5) is 27.4. The number of carbonyl (C=O) groups is 3. The molecule has 90 valence electrons. The second kappa shape index (κ2) is 20.5. The number of carboxylic acids is 3. The van der Waals surface area contributed by atoms with E-state index in [4.69, 9.17) is 29.7 Å². The first-order chi connectivity index (χ1) is 6.81. The van der Waals surface area contributed by atoms with Gasteiger partial charge in [0, 0.05) is 0 Å². The predicted molar refractivity (Wildman–Crippen MR) is 52.9 cm³/mol. The SMILES string of the molecule is O=C([O-])CCl.O=C([O-])CCl.O=C([O-])CCl.[In+3]. The van der Waals surface area contributed by atoms with Crippen LogP contribution in [0.5, 0.6) is 0 Å². The van der Waals surface area contributed by atoms with E-state index < -0.39 is 35.5 Å². The molecular formula is C6H6Cl3InO6. The molecule has 0 N–H and O–H groups in total. The van der Waals surface area contributed by atoms with Crippen molar-refractivity contribution in [2.75, 3.05) is 17.6 Å². The van der Waals surface area contributed by atoms with E-state index in [9.17, 15) is 0 Å². The molecule has 0 unspecified atom stereocenters. The molecule has 0 aromatic heterocycles. The summed E-state index contributed by atoms with van der Waals surface area (Å²) < 4.78 is 0. The van der Waals surface area contributed by atoms with Gasteiger partial charge in [-0.1, -0.05) is 0 Å². The Kier molecular flexibility index (Phi) is 32.2. The molecule has 0 aromatic carbocycles. The fraction of sp³-hybridized carbons (Fsp3) is 0.500. The van der Waals surface area contributed by atoms with Crippen molar-refractivity contribution in [1.82, 2.24) is 0 Å². The van der Waals surface area contributed by atoms with Crippen LogP contribution in [0, 0.1) is 0 Å². The van der Waals surface area contributed by atoms with Gasteiger partial charge in [-0.05, 0) is 0 Å². The first-order valence-electron chi connectivity index (χ1n) is 3.09. The molecule has 0 amide bonds. The molecule has 16 heavy (non-hydrogen) atoms. The van der Waals surface area contributed by atoms with Crippen molar-refractivity contribution < 1.29 is 29.7 Å². The van der Waals surface area contributed by atoms with Gasteiger partial charge in [0.2, 0.25) is 0 Å². The molecular weight excluding hydrogens is 389 g/mol. The Labute approximate surface area is 125 Å². The number of rotatable bonds is 3. The van der Waals surface area contributed by atoms with Gasteiger partial charge in [0.15, 0.2) is 0 Å². The number of hydrogen-bond acceptors (Lipinski definition) is 6. The Morgan fingerprint density at radius 2 is 0.750 bits per heavy atom. The summed E-state index contributed by atoms with van der Waals surface area (Å²) in [7, 11) is 0. The van der Waals surface area contributed by atoms with Crippen LogP contribution in [-0.2, 0) is 14.4 Å². The van der Waals surface area contributed by atoms with Crippen molar-refractivity contribution in [3.8, 4) is 0 Å². The molecule has 0 aliphatic heterocycles. The summed E-state index contributed by atoms with van der Waals surface area (Å²) >= 11 is 14.0. The molecule has 10 heteroatoms. The molecule has 0 bridgehead atoms. The standard InChI is InChI=1S/3C2H3ClO2.In/c3*3-1-2(4)5;/h3*1H2,(H,4,5);/q;;;+3/p-3. The number of carboxylic acid groups (broad SMARTS) is 3. The quantitative estimate of drug-likeness (QED) is 0.458. The van der Waals surface area contributed by atoms with Crippen molar-refractivity contribution in [1.29, 1.82) is 0 Å². The van der Waals surface area contributed by atoms with Crippen LogP contribution in [0.4, 0.5) is 0 Å². The van der Waals surface area contributed by atoms with E-state index in [1.54, 1.807) is 0 Å². The normalized spacial score (nSPS) is 6.94. The maximum absolute atomic E-state index is 9.12. The Bertz CT molecular complexity index is 167. The summed E-state index contributed by atoms with van der Waals surface area (Å²) in [6, 6.07) is 0. The van der Waals surface area contributed by atoms with Crippen LogP contribution in [0.25, 0.3) is 0 Å². The number of carbonyl (C=O) groups excluding carboxylic acids is 3. The molecule has 0 heterocycles. The minimum absolute atomic E-state index is 0. The zero-order valence-electron chi connectivity index (χ0n) is 7.78. The van der Waals surface area contributed by atoms with Crippen LogP contribution in [0.2, 0.25) is 0 Å². The molecule has 0 aliphatic carbocycles. The van der Waals surface area contributed by atoms with Crippen molar-refractivity contribution >= 4 is 78.6 Å². The van der Waals surface area contributed by atoms with Gasteiger partial charge in [0.1, 0.15) is 0 Å². The average molecular weight is 395 g/mol. The molecule has 0 atom stereocenters. The van der Waals surface area contributed by atoms with Gasteiger partial charge in [0.25, 0.3) is 0 Å². The van der Waals surface area contributed by atoms with Gasteiger partial charge in [-0.2, -0.15) is 0 Å². The van der Waals surface area contributed by atoms with Crippen LogP contribution in [0.1, 0.15) is 0 Å². The molecule has 0 aromatic rings. The van der Waals surface area contributed by atoms with Gasteiger partial charge in [-0.3, -0.25) is 0 Å². The molecule has 0 fully saturated rings. The van der Waals surface area contributed by atoms with E-state index in [2.05, 4.69) is 34.8 Å². The van der Waals surface area contributed by atoms with Crippen LogP contribution < -0.4 is 15.3 Å². The Balaban J connectivity index is -0.0000000655. The fourth-order valence-electron chi connectivity index (χ4n) is 0. The van der Waals surface area contributed by atoms with E-state index in [-0.39, 0.29) is 25.8 Å². The molecule has 0 spiro atoms. The third kappa shape index (κ3) is 64.7. The van der Waals surface area contributed by atoms with E-state index in [0.29, 0.717) is 0 Å². The molecule has 0 rings (SSSR count). The van der Waals surface area contributed by atoms with Crippen LogP contribution in [-0.4, -0.2) is 61.4 Å². The topological polar surface area (TPSA) is 120 Å².